The van der Waals surface area contributed by atoms with E-state index in [1.807, 2.05) is 0 Å². The summed E-state index contributed by atoms with van der Waals surface area (Å²) in [4.78, 5) is 34.7. The van der Waals surface area contributed by atoms with Gasteiger partial charge in [0.25, 0.3) is 5.91 Å². The molecule has 0 spiro atoms. The van der Waals surface area contributed by atoms with E-state index in [9.17, 15) is 14.4 Å². The summed E-state index contributed by atoms with van der Waals surface area (Å²) in [6.07, 6.45) is 1.71. The van der Waals surface area contributed by atoms with Crippen molar-refractivity contribution in [3.63, 3.8) is 0 Å². The molecule has 1 aliphatic rings. The predicted molar refractivity (Wildman–Crippen MR) is 73.6 cm³/mol. The number of carbonyl (C=O) groups excluding carboxylic acids is 2. The highest BCUT2D eigenvalue weighted by atomic mass is 32.1. The van der Waals surface area contributed by atoms with Crippen molar-refractivity contribution in [3.05, 3.63) is 22.4 Å². The molecule has 3 N–H and O–H groups in total. The van der Waals surface area contributed by atoms with E-state index in [0.717, 1.165) is 0 Å². The number of hydrogen-bond donors (Lipinski definition) is 3. The van der Waals surface area contributed by atoms with Crippen LogP contribution in [0.5, 0.6) is 0 Å². The topological polar surface area (TPSA) is 95.5 Å². The van der Waals surface area contributed by atoms with Gasteiger partial charge in [0.05, 0.1) is 17.3 Å². The van der Waals surface area contributed by atoms with Crippen molar-refractivity contribution in [1.82, 2.24) is 10.6 Å². The van der Waals surface area contributed by atoms with Gasteiger partial charge in [-0.3, -0.25) is 14.4 Å². The second-order valence-electron chi connectivity index (χ2n) is 4.77. The van der Waals surface area contributed by atoms with Gasteiger partial charge in [0.15, 0.2) is 0 Å². The van der Waals surface area contributed by atoms with Gasteiger partial charge in [-0.1, -0.05) is 6.07 Å². The van der Waals surface area contributed by atoms with E-state index in [2.05, 4.69) is 10.6 Å². The molecule has 1 fully saturated rings. The van der Waals surface area contributed by atoms with Gasteiger partial charge >= 0.3 is 5.97 Å². The molecule has 1 saturated carbocycles. The molecule has 2 amide bonds. The van der Waals surface area contributed by atoms with Gasteiger partial charge < -0.3 is 15.7 Å². The average Bonchev–Trinajstić information content (AvgIpc) is 3.06. The standard InChI is InChI=1S/C13H16N2O4S/c16-11(7-14-12(17)10-2-1-5-20-10)15-9-4-3-8(6-9)13(18)19/h1-2,5,8-9H,3-4,6-7H2,(H,14,17)(H,15,16)(H,18,19)/t8-,9+/m0/s1. The first-order valence-corrected chi connectivity index (χ1v) is 7.28. The van der Waals surface area contributed by atoms with Crippen LogP contribution in [0, 0.1) is 5.92 Å². The fraction of sp³-hybridized carbons (Fsp3) is 0.462. The zero-order valence-corrected chi connectivity index (χ0v) is 11.6. The number of hydrogen-bond acceptors (Lipinski definition) is 4. The van der Waals surface area contributed by atoms with Gasteiger partial charge in [0.2, 0.25) is 5.91 Å². The van der Waals surface area contributed by atoms with Crippen molar-refractivity contribution in [3.8, 4) is 0 Å². The Morgan fingerprint density at radius 3 is 2.75 bits per heavy atom. The summed E-state index contributed by atoms with van der Waals surface area (Å²) in [7, 11) is 0. The maximum atomic E-state index is 11.7. The third kappa shape index (κ3) is 3.80. The molecule has 1 aromatic heterocycles. The molecule has 6 nitrogen and oxygen atoms in total. The monoisotopic (exact) mass is 296 g/mol. The molecule has 0 bridgehead atoms. The molecule has 7 heteroatoms. The van der Waals surface area contributed by atoms with Gasteiger partial charge in [0.1, 0.15) is 0 Å². The third-order valence-corrected chi connectivity index (χ3v) is 4.17. The van der Waals surface area contributed by atoms with Crippen LogP contribution in [-0.4, -0.2) is 35.5 Å². The minimum Gasteiger partial charge on any atom is -0.481 e. The minimum absolute atomic E-state index is 0.0923. The lowest BCUT2D eigenvalue weighted by Gasteiger charge is -2.12. The summed E-state index contributed by atoms with van der Waals surface area (Å²) in [5.74, 6) is -1.75. The molecular weight excluding hydrogens is 280 g/mol. The Morgan fingerprint density at radius 1 is 1.35 bits per heavy atom. The second kappa shape index (κ2) is 6.51. The summed E-state index contributed by atoms with van der Waals surface area (Å²) >= 11 is 1.31. The Bertz CT molecular complexity index is 500. The van der Waals surface area contributed by atoms with Crippen molar-refractivity contribution in [2.75, 3.05) is 6.54 Å². The van der Waals surface area contributed by atoms with Crippen LogP contribution in [0.15, 0.2) is 17.5 Å². The molecule has 1 aromatic rings. The van der Waals surface area contributed by atoms with E-state index in [1.165, 1.54) is 11.3 Å². The maximum absolute atomic E-state index is 11.7. The van der Waals surface area contributed by atoms with Gasteiger partial charge in [0, 0.05) is 6.04 Å². The largest absolute Gasteiger partial charge is 0.481 e. The number of carboxylic acid groups (broad SMARTS) is 1. The summed E-state index contributed by atoms with van der Waals surface area (Å²) < 4.78 is 0. The highest BCUT2D eigenvalue weighted by Gasteiger charge is 2.30. The molecule has 108 valence electrons. The Balaban J connectivity index is 1.71. The lowest BCUT2D eigenvalue weighted by molar-refractivity contribution is -0.141. The van der Waals surface area contributed by atoms with Crippen molar-refractivity contribution >= 4 is 29.1 Å². The number of thiophene rings is 1. The molecule has 1 aliphatic carbocycles. The lowest BCUT2D eigenvalue weighted by atomic mass is 10.1. The predicted octanol–water partition coefficient (Wildman–Crippen LogP) is 0.847. The normalized spacial score (nSPS) is 21.4. The second-order valence-corrected chi connectivity index (χ2v) is 5.72. The first kappa shape index (κ1) is 14.5. The average molecular weight is 296 g/mol. The number of carboxylic acids is 1. The highest BCUT2D eigenvalue weighted by molar-refractivity contribution is 7.12. The fourth-order valence-corrected chi connectivity index (χ4v) is 2.91. The fourth-order valence-electron chi connectivity index (χ4n) is 2.27. The SMILES string of the molecule is O=C(CNC(=O)c1cccs1)N[C@@H]1CC[C@H](C(=O)O)C1. The molecule has 0 aromatic carbocycles. The smallest absolute Gasteiger partial charge is 0.306 e. The highest BCUT2D eigenvalue weighted by Crippen LogP contribution is 2.25. The Morgan fingerprint density at radius 2 is 2.15 bits per heavy atom. The molecular formula is C13H16N2O4S. The molecule has 2 atom stereocenters. The van der Waals surface area contributed by atoms with Crippen molar-refractivity contribution in [1.29, 1.82) is 0 Å². The Labute approximate surface area is 120 Å². The van der Waals surface area contributed by atoms with Crippen LogP contribution in [0.4, 0.5) is 0 Å². The first-order chi connectivity index (χ1) is 9.56. The van der Waals surface area contributed by atoms with Gasteiger partial charge in [-0.15, -0.1) is 11.3 Å². The van der Waals surface area contributed by atoms with Gasteiger partial charge in [-0.2, -0.15) is 0 Å². The van der Waals surface area contributed by atoms with Crippen LogP contribution >= 0.6 is 11.3 Å². The van der Waals surface area contributed by atoms with Crippen LogP contribution in [0.2, 0.25) is 0 Å². The van der Waals surface area contributed by atoms with E-state index in [0.29, 0.717) is 24.1 Å². The zero-order chi connectivity index (χ0) is 14.5. The molecule has 0 aliphatic heterocycles. The van der Waals surface area contributed by atoms with Crippen molar-refractivity contribution in [2.24, 2.45) is 5.92 Å². The van der Waals surface area contributed by atoms with E-state index in [4.69, 9.17) is 5.11 Å². The lowest BCUT2D eigenvalue weighted by Crippen LogP contribution is -2.41. The van der Waals surface area contributed by atoms with Crippen molar-refractivity contribution < 1.29 is 19.5 Å². The summed E-state index contributed by atoms with van der Waals surface area (Å²) in [6.45, 7) is -0.0923. The first-order valence-electron chi connectivity index (χ1n) is 6.40. The molecule has 0 unspecified atom stereocenters. The summed E-state index contributed by atoms with van der Waals surface area (Å²) in [5, 5.41) is 16.0. The number of nitrogens with one attached hydrogen (secondary N) is 2. The van der Waals surface area contributed by atoms with Gasteiger partial charge in [-0.05, 0) is 30.7 Å². The van der Waals surface area contributed by atoms with E-state index >= 15 is 0 Å². The minimum atomic E-state index is -0.812. The zero-order valence-electron chi connectivity index (χ0n) is 10.8. The summed E-state index contributed by atoms with van der Waals surface area (Å²) in [5.41, 5.74) is 0. The Kier molecular flexibility index (Phi) is 4.73. The third-order valence-electron chi connectivity index (χ3n) is 3.30. The van der Waals surface area contributed by atoms with Crippen LogP contribution in [0.1, 0.15) is 28.9 Å². The molecule has 2 rings (SSSR count). The van der Waals surface area contributed by atoms with Gasteiger partial charge in [-0.25, -0.2) is 0 Å². The molecule has 1 heterocycles. The molecule has 0 saturated heterocycles. The van der Waals surface area contributed by atoms with Crippen LogP contribution in [0.25, 0.3) is 0 Å². The maximum Gasteiger partial charge on any atom is 0.306 e. The van der Waals surface area contributed by atoms with Crippen LogP contribution in [-0.2, 0) is 9.59 Å². The van der Waals surface area contributed by atoms with Crippen molar-refractivity contribution in [2.45, 2.75) is 25.3 Å². The van der Waals surface area contributed by atoms with Crippen LogP contribution < -0.4 is 10.6 Å². The Hall–Kier alpha value is -1.89. The number of aliphatic carboxylic acids is 1. The molecule has 20 heavy (non-hydrogen) atoms. The van der Waals surface area contributed by atoms with E-state index < -0.39 is 5.97 Å². The summed E-state index contributed by atoms with van der Waals surface area (Å²) in [6, 6.07) is 3.35. The number of carbonyl (C=O) groups is 3. The van der Waals surface area contributed by atoms with E-state index in [1.54, 1.807) is 17.5 Å². The quantitative estimate of drug-likeness (QED) is 0.750. The number of amides is 2. The van der Waals surface area contributed by atoms with Crippen LogP contribution in [0.3, 0.4) is 0 Å². The number of rotatable bonds is 5. The van der Waals surface area contributed by atoms with E-state index in [-0.39, 0.29) is 30.3 Å². The molecule has 0 radical (unpaired) electrons.